The maximum Gasteiger partial charge on any atom is 0.228 e. The molecule has 140 valence electrons. The summed E-state index contributed by atoms with van der Waals surface area (Å²) in [5.74, 6) is 1.43. The van der Waals surface area contributed by atoms with E-state index in [1.165, 1.54) is 0 Å². The molecule has 7 heteroatoms. The van der Waals surface area contributed by atoms with Crippen LogP contribution in [0.25, 0.3) is 0 Å². The van der Waals surface area contributed by atoms with Crippen molar-refractivity contribution in [2.45, 2.75) is 19.3 Å². The summed E-state index contributed by atoms with van der Waals surface area (Å²) in [6.07, 6.45) is 2.14. The third-order valence-electron chi connectivity index (χ3n) is 4.45. The van der Waals surface area contributed by atoms with Crippen LogP contribution in [0.1, 0.15) is 18.4 Å². The third-order valence-corrected chi connectivity index (χ3v) is 5.18. The first-order valence-electron chi connectivity index (χ1n) is 8.87. The SMILES string of the molecule is O=C(Cc1cc2c(cc1Br)OCCO2)Nc1ccc(NC(=O)C2CC2)cc1. The van der Waals surface area contributed by atoms with Crippen molar-refractivity contribution in [3.8, 4) is 11.5 Å². The lowest BCUT2D eigenvalue weighted by molar-refractivity contribution is -0.117. The number of halogens is 1. The van der Waals surface area contributed by atoms with E-state index in [1.807, 2.05) is 12.1 Å². The van der Waals surface area contributed by atoms with Gasteiger partial charge in [-0.1, -0.05) is 15.9 Å². The van der Waals surface area contributed by atoms with E-state index >= 15 is 0 Å². The molecule has 2 N–H and O–H groups in total. The van der Waals surface area contributed by atoms with Crippen LogP contribution in [-0.2, 0) is 16.0 Å². The lowest BCUT2D eigenvalue weighted by Gasteiger charge is -2.19. The molecular weight excluding hydrogens is 412 g/mol. The van der Waals surface area contributed by atoms with E-state index < -0.39 is 0 Å². The largest absolute Gasteiger partial charge is 0.486 e. The molecule has 1 heterocycles. The van der Waals surface area contributed by atoms with Gasteiger partial charge in [0.15, 0.2) is 11.5 Å². The number of anilines is 2. The van der Waals surface area contributed by atoms with Gasteiger partial charge in [0.1, 0.15) is 13.2 Å². The van der Waals surface area contributed by atoms with Gasteiger partial charge >= 0.3 is 0 Å². The normalized spacial score (nSPS) is 15.1. The average Bonchev–Trinajstić information content (AvgIpc) is 3.49. The zero-order valence-corrected chi connectivity index (χ0v) is 16.2. The summed E-state index contributed by atoms with van der Waals surface area (Å²) < 4.78 is 11.9. The summed E-state index contributed by atoms with van der Waals surface area (Å²) in [5.41, 5.74) is 2.24. The molecule has 0 saturated heterocycles. The van der Waals surface area contributed by atoms with Crippen LogP contribution in [0.4, 0.5) is 11.4 Å². The minimum atomic E-state index is -0.137. The number of amides is 2. The van der Waals surface area contributed by atoms with Crippen LogP contribution in [0.3, 0.4) is 0 Å². The lowest BCUT2D eigenvalue weighted by Crippen LogP contribution is -2.17. The molecule has 1 fully saturated rings. The second-order valence-corrected chi connectivity index (χ2v) is 7.51. The molecule has 2 amide bonds. The van der Waals surface area contributed by atoms with Gasteiger partial charge in [0.25, 0.3) is 0 Å². The monoisotopic (exact) mass is 430 g/mol. The molecule has 27 heavy (non-hydrogen) atoms. The van der Waals surface area contributed by atoms with Crippen molar-refractivity contribution in [2.24, 2.45) is 5.92 Å². The highest BCUT2D eigenvalue weighted by atomic mass is 79.9. The summed E-state index contributed by atoms with van der Waals surface area (Å²) in [5, 5.41) is 5.75. The van der Waals surface area contributed by atoms with Gasteiger partial charge < -0.3 is 20.1 Å². The van der Waals surface area contributed by atoms with Crippen LogP contribution in [0.5, 0.6) is 11.5 Å². The Morgan fingerprint density at radius 3 is 2.19 bits per heavy atom. The molecule has 0 unspecified atom stereocenters. The van der Waals surface area contributed by atoms with Crippen molar-refractivity contribution in [3.63, 3.8) is 0 Å². The van der Waals surface area contributed by atoms with Crippen LogP contribution in [-0.4, -0.2) is 25.0 Å². The van der Waals surface area contributed by atoms with Crippen LogP contribution in [0, 0.1) is 5.92 Å². The molecule has 4 rings (SSSR count). The maximum atomic E-state index is 12.4. The summed E-state index contributed by atoms with van der Waals surface area (Å²) in [6, 6.07) is 10.8. The number of fused-ring (bicyclic) bond motifs is 1. The molecule has 6 nitrogen and oxygen atoms in total. The molecule has 1 aliphatic heterocycles. The molecule has 2 aliphatic rings. The first-order chi connectivity index (χ1) is 13.1. The number of rotatable bonds is 5. The average molecular weight is 431 g/mol. The molecule has 2 aromatic carbocycles. The van der Waals surface area contributed by atoms with Gasteiger partial charge in [-0.3, -0.25) is 9.59 Å². The number of benzene rings is 2. The van der Waals surface area contributed by atoms with Gasteiger partial charge in [0.2, 0.25) is 11.8 Å². The van der Waals surface area contributed by atoms with Crippen LogP contribution in [0.2, 0.25) is 0 Å². The number of nitrogens with one attached hydrogen (secondary N) is 2. The molecule has 0 aromatic heterocycles. The Balaban J connectivity index is 1.37. The van der Waals surface area contributed by atoms with Crippen molar-refractivity contribution in [1.29, 1.82) is 0 Å². The fourth-order valence-electron chi connectivity index (χ4n) is 2.85. The van der Waals surface area contributed by atoms with Crippen molar-refractivity contribution in [2.75, 3.05) is 23.8 Å². The van der Waals surface area contributed by atoms with Gasteiger partial charge in [-0.25, -0.2) is 0 Å². The number of hydrogen-bond donors (Lipinski definition) is 2. The van der Waals surface area contributed by atoms with Crippen molar-refractivity contribution >= 4 is 39.1 Å². The second-order valence-electron chi connectivity index (χ2n) is 6.65. The van der Waals surface area contributed by atoms with Crippen LogP contribution < -0.4 is 20.1 Å². The van der Waals surface area contributed by atoms with Crippen molar-refractivity contribution in [3.05, 3.63) is 46.4 Å². The van der Waals surface area contributed by atoms with E-state index in [-0.39, 0.29) is 24.2 Å². The van der Waals surface area contributed by atoms with E-state index in [0.29, 0.717) is 30.4 Å². The molecule has 0 spiro atoms. The molecule has 0 bridgehead atoms. The molecule has 0 radical (unpaired) electrons. The topological polar surface area (TPSA) is 76.7 Å². The highest BCUT2D eigenvalue weighted by Gasteiger charge is 2.29. The lowest BCUT2D eigenvalue weighted by atomic mass is 10.1. The first kappa shape index (κ1) is 17.9. The third kappa shape index (κ3) is 4.42. The Kier molecular flexibility index (Phi) is 5.03. The van der Waals surface area contributed by atoms with E-state index in [1.54, 1.807) is 24.3 Å². The Bertz CT molecular complexity index is 878. The Morgan fingerprint density at radius 2 is 1.56 bits per heavy atom. The van der Waals surface area contributed by atoms with Gasteiger partial charge in [-0.05, 0) is 54.8 Å². The fraction of sp³-hybridized carbons (Fsp3) is 0.300. The summed E-state index contributed by atoms with van der Waals surface area (Å²) in [6.45, 7) is 1.03. The highest BCUT2D eigenvalue weighted by Crippen LogP contribution is 2.36. The number of hydrogen-bond acceptors (Lipinski definition) is 4. The van der Waals surface area contributed by atoms with Crippen LogP contribution in [0.15, 0.2) is 40.9 Å². The van der Waals surface area contributed by atoms with E-state index in [2.05, 4.69) is 26.6 Å². The van der Waals surface area contributed by atoms with Gasteiger partial charge in [0, 0.05) is 21.8 Å². The van der Waals surface area contributed by atoms with Gasteiger partial charge in [-0.15, -0.1) is 0 Å². The zero-order valence-electron chi connectivity index (χ0n) is 14.6. The zero-order chi connectivity index (χ0) is 18.8. The Morgan fingerprint density at radius 1 is 0.963 bits per heavy atom. The number of carbonyl (C=O) groups is 2. The molecule has 1 saturated carbocycles. The second kappa shape index (κ2) is 7.60. The molecule has 0 atom stereocenters. The first-order valence-corrected chi connectivity index (χ1v) is 9.66. The summed E-state index contributed by atoms with van der Waals surface area (Å²) in [7, 11) is 0. The Hall–Kier alpha value is -2.54. The molecule has 1 aliphatic carbocycles. The smallest absolute Gasteiger partial charge is 0.228 e. The standard InChI is InChI=1S/C20H19BrN2O4/c21-16-11-18-17(26-7-8-27-18)9-13(16)10-19(24)22-14-3-5-15(6-4-14)23-20(25)12-1-2-12/h3-6,9,11-12H,1-2,7-8,10H2,(H,22,24)(H,23,25). The van der Waals surface area contributed by atoms with Crippen molar-refractivity contribution < 1.29 is 19.1 Å². The van der Waals surface area contributed by atoms with Gasteiger partial charge in [0.05, 0.1) is 6.42 Å². The number of carbonyl (C=O) groups excluding carboxylic acids is 2. The maximum absolute atomic E-state index is 12.4. The number of ether oxygens (including phenoxy) is 2. The molecular formula is C20H19BrN2O4. The van der Waals surface area contributed by atoms with E-state index in [0.717, 1.165) is 28.6 Å². The quantitative estimate of drug-likeness (QED) is 0.756. The molecule has 2 aromatic rings. The summed E-state index contributed by atoms with van der Waals surface area (Å²) >= 11 is 3.48. The highest BCUT2D eigenvalue weighted by molar-refractivity contribution is 9.10. The predicted molar refractivity (Wildman–Crippen MR) is 105 cm³/mol. The minimum absolute atomic E-state index is 0.0650. The van der Waals surface area contributed by atoms with Crippen molar-refractivity contribution in [1.82, 2.24) is 0 Å². The fourth-order valence-corrected chi connectivity index (χ4v) is 3.31. The predicted octanol–water partition coefficient (Wildman–Crippen LogP) is 3.75. The van der Waals surface area contributed by atoms with Crippen LogP contribution >= 0.6 is 15.9 Å². The van der Waals surface area contributed by atoms with E-state index in [9.17, 15) is 9.59 Å². The minimum Gasteiger partial charge on any atom is -0.486 e. The Labute approximate surface area is 165 Å². The van der Waals surface area contributed by atoms with Gasteiger partial charge in [-0.2, -0.15) is 0 Å². The van der Waals surface area contributed by atoms with E-state index in [4.69, 9.17) is 9.47 Å². The summed E-state index contributed by atoms with van der Waals surface area (Å²) in [4.78, 5) is 24.2.